The Morgan fingerprint density at radius 2 is 1.46 bits per heavy atom. The highest BCUT2D eigenvalue weighted by Gasteiger charge is 2.22. The number of carboxylic acids is 1. The van der Waals surface area contributed by atoms with Crippen LogP contribution in [0.4, 0.5) is 11.4 Å². The van der Waals surface area contributed by atoms with E-state index in [0.29, 0.717) is 0 Å². The zero-order chi connectivity index (χ0) is 21.4. The van der Waals surface area contributed by atoms with Gasteiger partial charge in [-0.2, -0.15) is 0 Å². The van der Waals surface area contributed by atoms with E-state index in [1.165, 1.54) is 0 Å². The molecule has 2 heterocycles. The Morgan fingerprint density at radius 3 is 1.86 bits per heavy atom. The molecule has 0 aromatic carbocycles. The second-order valence-corrected chi connectivity index (χ2v) is 5.36. The van der Waals surface area contributed by atoms with Crippen molar-refractivity contribution in [3.05, 3.63) is 66.2 Å². The number of hydrogen-bond donors (Lipinski definition) is 1. The van der Waals surface area contributed by atoms with E-state index in [1.807, 2.05) is 0 Å². The maximum Gasteiger partial charge on any atom is 0.345 e. The third-order valence-corrected chi connectivity index (χ3v) is 3.23. The first-order valence-electron chi connectivity index (χ1n) is 7.08. The standard InChI is InChI=1S/C8H7ClN2O4.C6H3ClN2O4/c1-2-15-8(12)5-3-7(9)10-4-6(5)11(13)14;7-5-1-3(6(10)11)4(2-8-5)9(12)13/h3-4H,2H2,1H3;1-2H,(H,10,11). The number of halogens is 2. The molecule has 0 bridgehead atoms. The molecule has 0 fully saturated rings. The summed E-state index contributed by atoms with van der Waals surface area (Å²) in [5.74, 6) is -2.19. The number of ether oxygens (including phenoxy) is 1. The molecule has 2 rings (SSSR count). The van der Waals surface area contributed by atoms with Gasteiger partial charge in [0.1, 0.15) is 33.8 Å². The zero-order valence-corrected chi connectivity index (χ0v) is 15.4. The first kappa shape index (κ1) is 22.7. The average molecular weight is 433 g/mol. The Bertz CT molecular complexity index is 938. The maximum atomic E-state index is 11.3. The molecule has 0 aliphatic rings. The van der Waals surface area contributed by atoms with Gasteiger partial charge in [-0.15, -0.1) is 0 Å². The molecule has 1 N–H and O–H groups in total. The Kier molecular flexibility index (Phi) is 8.16. The van der Waals surface area contributed by atoms with Crippen molar-refractivity contribution in [1.82, 2.24) is 9.97 Å². The van der Waals surface area contributed by atoms with Crippen molar-refractivity contribution in [2.45, 2.75) is 6.92 Å². The second-order valence-electron chi connectivity index (χ2n) is 4.59. The van der Waals surface area contributed by atoms with E-state index in [4.69, 9.17) is 28.3 Å². The summed E-state index contributed by atoms with van der Waals surface area (Å²) in [7, 11) is 0. The van der Waals surface area contributed by atoms with Crippen LogP contribution in [0.5, 0.6) is 0 Å². The summed E-state index contributed by atoms with van der Waals surface area (Å²) in [6, 6.07) is 2.04. The second kappa shape index (κ2) is 10.1. The zero-order valence-electron chi connectivity index (χ0n) is 13.9. The van der Waals surface area contributed by atoms with Gasteiger partial charge in [0.15, 0.2) is 0 Å². The molecule has 0 saturated carbocycles. The lowest BCUT2D eigenvalue weighted by Gasteiger charge is -2.02. The van der Waals surface area contributed by atoms with Crippen molar-refractivity contribution in [3.8, 4) is 0 Å². The van der Waals surface area contributed by atoms with Gasteiger partial charge in [0, 0.05) is 0 Å². The number of nitrogens with zero attached hydrogens (tertiary/aromatic N) is 4. The molecule has 0 amide bonds. The van der Waals surface area contributed by atoms with Crippen LogP contribution < -0.4 is 0 Å². The van der Waals surface area contributed by atoms with E-state index in [1.54, 1.807) is 6.92 Å². The lowest BCUT2D eigenvalue weighted by Crippen LogP contribution is -2.08. The molecule has 28 heavy (non-hydrogen) atoms. The summed E-state index contributed by atoms with van der Waals surface area (Å²) in [5.41, 5.74) is -1.65. The maximum absolute atomic E-state index is 11.3. The van der Waals surface area contributed by atoms with Gasteiger partial charge in [-0.3, -0.25) is 20.2 Å². The molecule has 0 aliphatic heterocycles. The minimum Gasteiger partial charge on any atom is -0.477 e. The highest BCUT2D eigenvalue weighted by atomic mass is 35.5. The van der Waals surface area contributed by atoms with Crippen molar-refractivity contribution in [1.29, 1.82) is 0 Å². The number of aromatic nitrogens is 2. The van der Waals surface area contributed by atoms with Crippen molar-refractivity contribution < 1.29 is 29.3 Å². The fraction of sp³-hybridized carbons (Fsp3) is 0.143. The number of carbonyl (C=O) groups is 2. The van der Waals surface area contributed by atoms with Crippen LogP contribution in [0.3, 0.4) is 0 Å². The van der Waals surface area contributed by atoms with Crippen molar-refractivity contribution in [3.63, 3.8) is 0 Å². The van der Waals surface area contributed by atoms with Crippen LogP contribution in [0.15, 0.2) is 24.5 Å². The lowest BCUT2D eigenvalue weighted by atomic mass is 10.2. The van der Waals surface area contributed by atoms with E-state index in [-0.39, 0.29) is 22.5 Å². The Morgan fingerprint density at radius 1 is 1.04 bits per heavy atom. The minimum atomic E-state index is -1.41. The molecule has 14 heteroatoms. The third-order valence-electron chi connectivity index (χ3n) is 2.82. The lowest BCUT2D eigenvalue weighted by molar-refractivity contribution is -0.385. The summed E-state index contributed by atoms with van der Waals surface area (Å²) in [6.45, 7) is 1.74. The molecule has 0 saturated heterocycles. The van der Waals surface area contributed by atoms with Crippen LogP contribution in [0, 0.1) is 20.2 Å². The fourth-order valence-corrected chi connectivity index (χ4v) is 2.00. The molecule has 2 aromatic heterocycles. The van der Waals surface area contributed by atoms with Gasteiger partial charge in [-0.05, 0) is 19.1 Å². The molecule has 0 aliphatic carbocycles. The third kappa shape index (κ3) is 6.10. The first-order valence-corrected chi connectivity index (χ1v) is 7.84. The normalized spacial score (nSPS) is 9.68. The van der Waals surface area contributed by atoms with Crippen molar-refractivity contribution in [2.24, 2.45) is 0 Å². The SMILES string of the molecule is CCOC(=O)c1cc(Cl)ncc1[N+](=O)[O-].O=C(O)c1cc(Cl)ncc1[N+](=O)[O-]. The molecule has 0 radical (unpaired) electrons. The Balaban J connectivity index is 0.000000283. The predicted octanol–water partition coefficient (Wildman–Crippen LogP) is 3.16. The van der Waals surface area contributed by atoms with Crippen molar-refractivity contribution >= 4 is 46.5 Å². The summed E-state index contributed by atoms with van der Waals surface area (Å²) in [6.07, 6.45) is 1.74. The summed E-state index contributed by atoms with van der Waals surface area (Å²) in [4.78, 5) is 48.0. The van der Waals surface area contributed by atoms with E-state index >= 15 is 0 Å². The topological polar surface area (TPSA) is 176 Å². The number of hydrogen-bond acceptors (Lipinski definition) is 9. The van der Waals surface area contributed by atoms with Crippen LogP contribution in [-0.4, -0.2) is 43.5 Å². The number of carbonyl (C=O) groups excluding carboxylic acids is 1. The number of carboxylic acid groups (broad SMARTS) is 1. The number of esters is 1. The molecule has 0 unspecified atom stereocenters. The van der Waals surface area contributed by atoms with Gasteiger partial charge in [0.25, 0.3) is 0 Å². The Labute approximate surface area is 166 Å². The molecule has 0 atom stereocenters. The number of rotatable bonds is 5. The van der Waals surface area contributed by atoms with Gasteiger partial charge >= 0.3 is 23.3 Å². The van der Waals surface area contributed by atoms with Crippen LogP contribution in [0.1, 0.15) is 27.6 Å². The summed E-state index contributed by atoms with van der Waals surface area (Å²) in [5, 5.41) is 29.3. The molecule has 2 aromatic rings. The number of aromatic carboxylic acids is 1. The smallest absolute Gasteiger partial charge is 0.345 e. The van der Waals surface area contributed by atoms with Gasteiger partial charge in [-0.25, -0.2) is 19.6 Å². The van der Waals surface area contributed by atoms with Gasteiger partial charge in [0.2, 0.25) is 0 Å². The largest absolute Gasteiger partial charge is 0.477 e. The predicted molar refractivity (Wildman–Crippen MR) is 94.7 cm³/mol. The van der Waals surface area contributed by atoms with Gasteiger partial charge in [-0.1, -0.05) is 23.2 Å². The van der Waals surface area contributed by atoms with E-state index in [0.717, 1.165) is 24.5 Å². The van der Waals surface area contributed by atoms with E-state index in [9.17, 15) is 29.8 Å². The average Bonchev–Trinajstić information content (AvgIpc) is 2.61. The first-order chi connectivity index (χ1) is 13.1. The van der Waals surface area contributed by atoms with Crippen LogP contribution in [0.2, 0.25) is 10.3 Å². The van der Waals surface area contributed by atoms with Gasteiger partial charge in [0.05, 0.1) is 16.5 Å². The summed E-state index contributed by atoms with van der Waals surface area (Å²) >= 11 is 10.9. The molecule has 12 nitrogen and oxygen atoms in total. The molecular weight excluding hydrogens is 423 g/mol. The molecule has 0 spiro atoms. The minimum absolute atomic E-state index is 0.00338. The monoisotopic (exact) mass is 432 g/mol. The van der Waals surface area contributed by atoms with E-state index < -0.39 is 38.7 Å². The van der Waals surface area contributed by atoms with Gasteiger partial charge < -0.3 is 9.84 Å². The van der Waals surface area contributed by atoms with Crippen LogP contribution >= 0.6 is 23.2 Å². The Hall–Kier alpha value is -3.38. The fourth-order valence-electron chi connectivity index (χ4n) is 1.68. The number of nitro groups is 2. The number of pyridine rings is 2. The van der Waals surface area contributed by atoms with Crippen LogP contribution in [0.25, 0.3) is 0 Å². The van der Waals surface area contributed by atoms with E-state index in [2.05, 4.69) is 14.7 Å². The summed E-state index contributed by atoms with van der Waals surface area (Å²) < 4.78 is 4.64. The molecular formula is C14H10Cl2N4O8. The van der Waals surface area contributed by atoms with Crippen molar-refractivity contribution in [2.75, 3.05) is 6.61 Å². The van der Waals surface area contributed by atoms with Crippen LogP contribution in [-0.2, 0) is 4.74 Å². The highest BCUT2D eigenvalue weighted by Crippen LogP contribution is 2.21. The quantitative estimate of drug-likeness (QED) is 0.319. The molecule has 148 valence electrons. The highest BCUT2D eigenvalue weighted by molar-refractivity contribution is 6.30.